The van der Waals surface area contributed by atoms with Gasteiger partial charge in [-0.3, -0.25) is 4.90 Å². The van der Waals surface area contributed by atoms with Crippen molar-refractivity contribution in [3.05, 3.63) is 0 Å². The predicted molar refractivity (Wildman–Crippen MR) is 67.4 cm³/mol. The topological polar surface area (TPSA) is 29.3 Å². The minimum atomic E-state index is 0. The highest BCUT2D eigenvalue weighted by molar-refractivity contribution is 5.85. The summed E-state index contributed by atoms with van der Waals surface area (Å²) < 4.78 is 0. The summed E-state index contributed by atoms with van der Waals surface area (Å²) in [6, 6.07) is 2.12. The van der Waals surface area contributed by atoms with Crippen molar-refractivity contribution in [2.45, 2.75) is 64.1 Å². The number of hydrogen-bond acceptors (Lipinski definition) is 2. The normalized spacial score (nSPS) is 37.4. The zero-order valence-electron chi connectivity index (χ0n) is 9.98. The highest BCUT2D eigenvalue weighted by atomic mass is 35.5. The van der Waals surface area contributed by atoms with Gasteiger partial charge in [0.15, 0.2) is 0 Å². The summed E-state index contributed by atoms with van der Waals surface area (Å²) >= 11 is 0. The van der Waals surface area contributed by atoms with Crippen molar-refractivity contribution < 1.29 is 0 Å². The molecule has 2 bridgehead atoms. The van der Waals surface area contributed by atoms with E-state index < -0.39 is 0 Å². The van der Waals surface area contributed by atoms with Crippen LogP contribution in [0.1, 0.15) is 46.0 Å². The third-order valence-electron chi connectivity index (χ3n) is 4.14. The van der Waals surface area contributed by atoms with E-state index in [1.165, 1.54) is 38.6 Å². The van der Waals surface area contributed by atoms with Crippen LogP contribution < -0.4 is 5.73 Å². The minimum Gasteiger partial charge on any atom is -0.328 e. The van der Waals surface area contributed by atoms with Crippen LogP contribution in [-0.2, 0) is 0 Å². The Morgan fingerprint density at radius 2 is 1.80 bits per heavy atom. The number of hydrogen-bond donors (Lipinski definition) is 1. The maximum atomic E-state index is 6.05. The highest BCUT2D eigenvalue weighted by Gasteiger charge is 2.39. The van der Waals surface area contributed by atoms with Crippen molar-refractivity contribution in [3.8, 4) is 0 Å². The molecule has 4 atom stereocenters. The first-order chi connectivity index (χ1) is 6.70. The van der Waals surface area contributed by atoms with E-state index >= 15 is 0 Å². The van der Waals surface area contributed by atoms with Gasteiger partial charge in [-0.15, -0.1) is 12.4 Å². The molecule has 2 heterocycles. The Morgan fingerprint density at radius 3 is 2.27 bits per heavy atom. The van der Waals surface area contributed by atoms with Crippen LogP contribution in [0.4, 0.5) is 0 Å². The molecule has 0 spiro atoms. The van der Waals surface area contributed by atoms with Gasteiger partial charge in [-0.2, -0.15) is 0 Å². The van der Waals surface area contributed by atoms with E-state index in [4.69, 9.17) is 5.73 Å². The van der Waals surface area contributed by atoms with Crippen molar-refractivity contribution in [1.29, 1.82) is 0 Å². The molecule has 3 heteroatoms. The van der Waals surface area contributed by atoms with E-state index in [1.807, 2.05) is 0 Å². The smallest absolute Gasteiger partial charge is 0.0114 e. The van der Waals surface area contributed by atoms with Crippen LogP contribution in [0.25, 0.3) is 0 Å². The average molecular weight is 233 g/mol. The van der Waals surface area contributed by atoms with Crippen molar-refractivity contribution in [2.75, 3.05) is 6.54 Å². The summed E-state index contributed by atoms with van der Waals surface area (Å²) in [5.41, 5.74) is 6.05. The number of rotatable bonds is 3. The molecule has 2 rings (SSSR count). The van der Waals surface area contributed by atoms with E-state index in [0.717, 1.165) is 18.0 Å². The second-order valence-corrected chi connectivity index (χ2v) is 5.33. The number of piperidine rings is 1. The highest BCUT2D eigenvalue weighted by Crippen LogP contribution is 2.35. The third-order valence-corrected chi connectivity index (χ3v) is 4.14. The zero-order valence-corrected chi connectivity index (χ0v) is 10.8. The van der Waals surface area contributed by atoms with E-state index in [2.05, 4.69) is 18.7 Å². The number of nitrogens with two attached hydrogens (primary N) is 1. The standard InChI is InChI=1S/C12H24N2.ClH/c1-3-9(2)8-14-11-4-5-12(14)7-10(13)6-11;/h9-12H,3-8,13H2,1-2H3;1H/t9?,10?,11-,12+;. The van der Waals surface area contributed by atoms with Crippen LogP contribution in [0.2, 0.25) is 0 Å². The molecule has 0 aromatic heterocycles. The number of fused-ring (bicyclic) bond motifs is 2. The first kappa shape index (κ1) is 13.3. The van der Waals surface area contributed by atoms with Gasteiger partial charge < -0.3 is 5.73 Å². The molecule has 2 saturated heterocycles. The molecule has 2 N–H and O–H groups in total. The van der Waals surface area contributed by atoms with E-state index in [0.29, 0.717) is 6.04 Å². The van der Waals surface area contributed by atoms with Gasteiger partial charge in [-0.25, -0.2) is 0 Å². The molecular weight excluding hydrogens is 208 g/mol. The van der Waals surface area contributed by atoms with Crippen LogP contribution in [0.3, 0.4) is 0 Å². The zero-order chi connectivity index (χ0) is 10.1. The summed E-state index contributed by atoms with van der Waals surface area (Å²) in [4.78, 5) is 2.75. The molecule has 2 nitrogen and oxygen atoms in total. The Balaban J connectivity index is 0.00000112. The molecule has 2 aliphatic rings. The second-order valence-electron chi connectivity index (χ2n) is 5.33. The Morgan fingerprint density at radius 1 is 1.27 bits per heavy atom. The lowest BCUT2D eigenvalue weighted by atomic mass is 9.96. The van der Waals surface area contributed by atoms with E-state index in [-0.39, 0.29) is 12.4 Å². The molecule has 0 radical (unpaired) electrons. The maximum Gasteiger partial charge on any atom is 0.0114 e. The van der Waals surface area contributed by atoms with Crippen molar-refractivity contribution in [2.24, 2.45) is 11.7 Å². The molecule has 0 aromatic rings. The van der Waals surface area contributed by atoms with Gasteiger partial charge in [0, 0.05) is 24.7 Å². The third kappa shape index (κ3) is 2.86. The Labute approximate surface area is 100.0 Å². The van der Waals surface area contributed by atoms with Crippen molar-refractivity contribution in [3.63, 3.8) is 0 Å². The Bertz CT molecular complexity index is 184. The molecule has 2 fully saturated rings. The predicted octanol–water partition coefficient (Wildman–Crippen LogP) is 2.41. The summed E-state index contributed by atoms with van der Waals surface area (Å²) in [7, 11) is 0. The summed E-state index contributed by atoms with van der Waals surface area (Å²) in [6.45, 7) is 5.97. The molecule has 15 heavy (non-hydrogen) atoms. The molecule has 2 unspecified atom stereocenters. The fourth-order valence-electron chi connectivity index (χ4n) is 3.10. The largest absolute Gasteiger partial charge is 0.328 e. The monoisotopic (exact) mass is 232 g/mol. The lowest BCUT2D eigenvalue weighted by Gasteiger charge is -2.39. The molecule has 0 amide bonds. The number of halogens is 1. The molecule has 0 saturated carbocycles. The van der Waals surface area contributed by atoms with Gasteiger partial charge in [-0.1, -0.05) is 20.3 Å². The molecule has 0 aromatic carbocycles. The van der Waals surface area contributed by atoms with Crippen molar-refractivity contribution >= 4 is 12.4 Å². The lowest BCUT2D eigenvalue weighted by Crippen LogP contribution is -2.48. The van der Waals surface area contributed by atoms with Crippen LogP contribution >= 0.6 is 12.4 Å². The molecule has 0 aliphatic carbocycles. The SMILES string of the molecule is CCC(C)CN1[C@@H]2CC[C@H]1CC(N)C2.Cl. The average Bonchev–Trinajstić information content (AvgIpc) is 2.41. The summed E-state index contributed by atoms with van der Waals surface area (Å²) in [6.07, 6.45) is 6.59. The molecule has 90 valence electrons. The fraction of sp³-hybridized carbons (Fsp3) is 1.00. The lowest BCUT2D eigenvalue weighted by molar-refractivity contribution is 0.109. The van der Waals surface area contributed by atoms with Crippen LogP contribution in [0.5, 0.6) is 0 Å². The minimum absolute atomic E-state index is 0. The van der Waals surface area contributed by atoms with Gasteiger partial charge in [-0.05, 0) is 31.6 Å². The Kier molecular flexibility index (Phi) is 4.88. The first-order valence-electron chi connectivity index (χ1n) is 6.22. The second kappa shape index (κ2) is 5.51. The van der Waals surface area contributed by atoms with Gasteiger partial charge in [0.1, 0.15) is 0 Å². The quantitative estimate of drug-likeness (QED) is 0.810. The van der Waals surface area contributed by atoms with Gasteiger partial charge in [0.2, 0.25) is 0 Å². The number of nitrogens with zero attached hydrogens (tertiary/aromatic N) is 1. The fourth-order valence-corrected chi connectivity index (χ4v) is 3.10. The maximum absolute atomic E-state index is 6.05. The van der Waals surface area contributed by atoms with E-state index in [9.17, 15) is 0 Å². The van der Waals surface area contributed by atoms with Crippen molar-refractivity contribution in [1.82, 2.24) is 4.90 Å². The van der Waals surface area contributed by atoms with Crippen LogP contribution in [0, 0.1) is 5.92 Å². The van der Waals surface area contributed by atoms with Crippen LogP contribution in [-0.4, -0.2) is 29.6 Å². The first-order valence-corrected chi connectivity index (χ1v) is 6.22. The van der Waals surface area contributed by atoms with E-state index in [1.54, 1.807) is 0 Å². The molecule has 2 aliphatic heterocycles. The van der Waals surface area contributed by atoms with Gasteiger partial charge in [0.05, 0.1) is 0 Å². The van der Waals surface area contributed by atoms with Crippen LogP contribution in [0.15, 0.2) is 0 Å². The Hall–Kier alpha value is 0.210. The summed E-state index contributed by atoms with van der Waals surface area (Å²) in [5, 5.41) is 0. The van der Waals surface area contributed by atoms with Gasteiger partial charge in [0.25, 0.3) is 0 Å². The molecular formula is C12H25ClN2. The van der Waals surface area contributed by atoms with Gasteiger partial charge >= 0.3 is 0 Å². The summed E-state index contributed by atoms with van der Waals surface area (Å²) in [5.74, 6) is 0.854.